The first kappa shape index (κ1) is 16.9. The van der Waals surface area contributed by atoms with Crippen LogP contribution in [-0.2, 0) is 25.8 Å². The van der Waals surface area contributed by atoms with E-state index in [0.717, 1.165) is 18.4 Å². The zero-order chi connectivity index (χ0) is 12.2. The quantitative estimate of drug-likeness (QED) is 0.441. The van der Waals surface area contributed by atoms with E-state index in [9.17, 15) is 0 Å². The molecular formula is C17H18Hf. The number of hydrogen-bond acceptors (Lipinski definition) is 0. The smallest absolute Gasteiger partial charge is 1.00 e. The van der Waals surface area contributed by atoms with Gasteiger partial charge in [-0.1, -0.05) is 6.07 Å². The van der Waals surface area contributed by atoms with Crippen molar-refractivity contribution in [2.24, 2.45) is 0 Å². The molecule has 2 aliphatic carbocycles. The molecule has 1 aromatic carbocycles. The first-order chi connectivity index (χ1) is 8.39. The summed E-state index contributed by atoms with van der Waals surface area (Å²) in [4.78, 5) is 0. The van der Waals surface area contributed by atoms with E-state index in [4.69, 9.17) is 0 Å². The Kier molecular flexibility index (Phi) is 11.6. The van der Waals surface area contributed by atoms with Crippen molar-refractivity contribution in [2.75, 3.05) is 0 Å². The molecule has 1 aromatic rings. The molecule has 0 unspecified atom stereocenters. The first-order valence-electron chi connectivity index (χ1n) is 5.70. The summed E-state index contributed by atoms with van der Waals surface area (Å²) >= 11 is 0. The molecule has 3 rings (SSSR count). The van der Waals surface area contributed by atoms with Crippen LogP contribution in [0.2, 0.25) is 0 Å². The molecule has 90 valence electrons. The van der Waals surface area contributed by atoms with Gasteiger partial charge < -0.3 is 1.43 Å². The van der Waals surface area contributed by atoms with Gasteiger partial charge in [0, 0.05) is 0 Å². The molecule has 0 fully saturated rings. The summed E-state index contributed by atoms with van der Waals surface area (Å²) in [7, 11) is 0. The Morgan fingerprint density at radius 3 is 1.56 bits per heavy atom. The maximum absolute atomic E-state index is 3.72. The Balaban J connectivity index is 0. The van der Waals surface area contributed by atoms with E-state index in [2.05, 4.69) is 31.2 Å². The van der Waals surface area contributed by atoms with E-state index in [1.54, 1.807) is 0 Å². The zero-order valence-electron chi connectivity index (χ0n) is 11.5. The summed E-state index contributed by atoms with van der Waals surface area (Å²) < 4.78 is 0. The third-order valence-corrected chi connectivity index (χ3v) is 2.01. The minimum absolute atomic E-state index is 0. The van der Waals surface area contributed by atoms with Crippen molar-refractivity contribution in [1.29, 1.82) is 0 Å². The van der Waals surface area contributed by atoms with Gasteiger partial charge in [0.1, 0.15) is 0 Å². The van der Waals surface area contributed by atoms with Gasteiger partial charge in [-0.2, -0.15) is 36.8 Å². The Morgan fingerprint density at radius 2 is 1.39 bits per heavy atom. The summed E-state index contributed by atoms with van der Waals surface area (Å²) in [6.07, 6.45) is 20.0. The molecule has 18 heavy (non-hydrogen) atoms. The normalized spacial score (nSPS) is 13.1. The number of hydrogen-bond donors (Lipinski definition) is 0. The molecule has 0 heterocycles. The minimum atomic E-state index is 0. The van der Waals surface area contributed by atoms with E-state index < -0.39 is 0 Å². The molecule has 0 aliphatic heterocycles. The fraction of sp³-hybridized carbons (Fsp3) is 0.118. The predicted octanol–water partition coefficient (Wildman–Crippen LogP) is 4.59. The van der Waals surface area contributed by atoms with Crippen LogP contribution in [0.25, 0.3) is 0 Å². The van der Waals surface area contributed by atoms with E-state index in [0.29, 0.717) is 0 Å². The van der Waals surface area contributed by atoms with Gasteiger partial charge in [-0.25, -0.2) is 24.3 Å². The van der Waals surface area contributed by atoms with E-state index in [1.165, 1.54) is 0 Å². The van der Waals surface area contributed by atoms with Crippen LogP contribution in [0, 0.1) is 19.1 Å². The Bertz CT molecular complexity index is 361. The molecule has 2 aliphatic rings. The van der Waals surface area contributed by atoms with Crippen LogP contribution in [0.1, 0.15) is 19.8 Å². The summed E-state index contributed by atoms with van der Waals surface area (Å²) in [5.74, 6) is 0. The van der Waals surface area contributed by atoms with Crippen LogP contribution in [0.15, 0.2) is 66.8 Å². The van der Waals surface area contributed by atoms with Crippen molar-refractivity contribution in [3.05, 3.63) is 91.4 Å². The average molecular weight is 401 g/mol. The number of benzene rings is 1. The van der Waals surface area contributed by atoms with Crippen LogP contribution in [0.3, 0.4) is 0 Å². The van der Waals surface area contributed by atoms with Crippen molar-refractivity contribution in [3.8, 4) is 0 Å². The fourth-order valence-electron chi connectivity index (χ4n) is 1.16. The summed E-state index contributed by atoms with van der Waals surface area (Å²) in [5, 5.41) is 0. The molecule has 0 N–H and O–H groups in total. The molecule has 0 aromatic heterocycles. The number of allylic oxidation sites excluding steroid dienone is 8. The summed E-state index contributed by atoms with van der Waals surface area (Å²) in [6, 6.07) is 9.87. The van der Waals surface area contributed by atoms with Gasteiger partial charge in [0.15, 0.2) is 0 Å². The average Bonchev–Trinajstić information content (AvgIpc) is 3.09. The Hall–Kier alpha value is -1.08. The van der Waals surface area contributed by atoms with Crippen molar-refractivity contribution in [1.82, 2.24) is 0 Å². The van der Waals surface area contributed by atoms with Gasteiger partial charge in [0.25, 0.3) is 0 Å². The van der Waals surface area contributed by atoms with Gasteiger partial charge in [-0.3, -0.25) is 12.2 Å². The maximum Gasteiger partial charge on any atom is 4.00 e. The van der Waals surface area contributed by atoms with Crippen molar-refractivity contribution in [3.63, 3.8) is 0 Å². The molecule has 0 atom stereocenters. The van der Waals surface area contributed by atoms with Gasteiger partial charge >= 0.3 is 25.8 Å². The molecule has 0 spiro atoms. The third-order valence-electron chi connectivity index (χ3n) is 2.01. The zero-order valence-corrected chi connectivity index (χ0v) is 14.1. The standard InChI is InChI=1S/C7H7.2C5H5.Hf.H/c1-7-5-3-2-4-6-7;2*1-2-4-5-3-1;;/h2-6H,1H2;2*1-3H,4H2;;/q3*-1;+4;-1. The number of rotatable bonds is 0. The Labute approximate surface area is 131 Å². The van der Waals surface area contributed by atoms with Crippen LogP contribution in [-0.4, -0.2) is 0 Å². The van der Waals surface area contributed by atoms with Gasteiger partial charge in [-0.15, -0.1) is 25.0 Å². The van der Waals surface area contributed by atoms with Crippen LogP contribution in [0.4, 0.5) is 0 Å². The van der Waals surface area contributed by atoms with Crippen molar-refractivity contribution in [2.45, 2.75) is 12.8 Å². The third kappa shape index (κ3) is 10.1. The molecule has 0 saturated carbocycles. The molecular weight excluding hydrogens is 383 g/mol. The molecule has 0 nitrogen and oxygen atoms in total. The first-order valence-corrected chi connectivity index (χ1v) is 5.70. The van der Waals surface area contributed by atoms with Gasteiger partial charge in [-0.05, 0) is 0 Å². The van der Waals surface area contributed by atoms with Crippen LogP contribution >= 0.6 is 0 Å². The van der Waals surface area contributed by atoms with Crippen LogP contribution in [0.5, 0.6) is 0 Å². The molecule has 0 bridgehead atoms. The van der Waals surface area contributed by atoms with E-state index in [-0.39, 0.29) is 27.3 Å². The second-order valence-corrected chi connectivity index (χ2v) is 3.49. The maximum atomic E-state index is 3.72. The second-order valence-electron chi connectivity index (χ2n) is 3.49. The van der Waals surface area contributed by atoms with Crippen LogP contribution < -0.4 is 0 Å². The molecule has 0 amide bonds. The van der Waals surface area contributed by atoms with Gasteiger partial charge in [0.05, 0.1) is 0 Å². The minimum Gasteiger partial charge on any atom is -1.00 e. The monoisotopic (exact) mass is 402 g/mol. The predicted molar refractivity (Wildman–Crippen MR) is 75.2 cm³/mol. The van der Waals surface area contributed by atoms with E-state index in [1.807, 2.05) is 54.6 Å². The molecule has 1 heteroatoms. The van der Waals surface area contributed by atoms with E-state index >= 15 is 0 Å². The molecule has 0 saturated heterocycles. The SMILES string of the molecule is [C-]1=CC=CC1.[C-]1=CC=CC1.[CH2-]c1ccccc1.[H-].[Hf+4]. The largest absolute Gasteiger partial charge is 4.00 e. The fourth-order valence-corrected chi connectivity index (χ4v) is 1.16. The Morgan fingerprint density at radius 1 is 0.889 bits per heavy atom. The second kappa shape index (κ2) is 12.4. The van der Waals surface area contributed by atoms with Crippen molar-refractivity contribution < 1.29 is 27.3 Å². The van der Waals surface area contributed by atoms with Gasteiger partial charge in [0.2, 0.25) is 0 Å². The topological polar surface area (TPSA) is 0 Å². The summed E-state index contributed by atoms with van der Waals surface area (Å²) in [6.45, 7) is 3.72. The molecule has 0 radical (unpaired) electrons. The van der Waals surface area contributed by atoms with Crippen molar-refractivity contribution >= 4 is 0 Å². The summed E-state index contributed by atoms with van der Waals surface area (Å²) in [5.41, 5.74) is 1.07.